The van der Waals surface area contributed by atoms with Crippen LogP contribution in [0.2, 0.25) is 0 Å². The van der Waals surface area contributed by atoms with Gasteiger partial charge in [0.2, 0.25) is 5.91 Å². The van der Waals surface area contributed by atoms with Crippen LogP contribution in [-0.4, -0.2) is 56.6 Å². The fraction of sp³-hybridized carbons (Fsp3) is 0.172. The number of rotatable bonds is 8. The number of benzene rings is 3. The number of phenolic OH excluding ortho intramolecular Hbond substituents is 1. The molecule has 1 aromatic heterocycles. The number of nitro groups is 1. The third-order valence-corrected chi connectivity index (χ3v) is 7.89. The first kappa shape index (κ1) is 29.1. The summed E-state index contributed by atoms with van der Waals surface area (Å²) in [6, 6.07) is 17.9. The van der Waals surface area contributed by atoms with E-state index in [1.165, 1.54) is 38.1 Å². The number of methoxy groups -OCH3 is 2. The average Bonchev–Trinajstić information content (AvgIpc) is 3.02. The zero-order valence-electron chi connectivity index (χ0n) is 22.9. The first-order valence-electron chi connectivity index (χ1n) is 12.9. The van der Waals surface area contributed by atoms with E-state index in [-0.39, 0.29) is 34.7 Å². The number of nitro benzene ring substituents is 1. The van der Waals surface area contributed by atoms with Gasteiger partial charge >= 0.3 is 0 Å². The number of nitrogens with one attached hydrogen (secondary N) is 1. The molecule has 0 aliphatic carbocycles. The van der Waals surface area contributed by atoms with Gasteiger partial charge in [0.1, 0.15) is 22.6 Å². The van der Waals surface area contributed by atoms with E-state index in [4.69, 9.17) is 9.47 Å². The highest BCUT2D eigenvalue weighted by Gasteiger charge is 2.35. The zero-order chi connectivity index (χ0) is 30.7. The number of aromatic hydroxyl groups is 1. The van der Waals surface area contributed by atoms with Crippen molar-refractivity contribution in [2.75, 3.05) is 20.0 Å². The van der Waals surface area contributed by atoms with Crippen LogP contribution in [0, 0.1) is 10.1 Å². The number of nitrogens with zero attached hydrogens (tertiary/aromatic N) is 4. The quantitative estimate of drug-likeness (QED) is 0.223. The number of hydrogen-bond acceptors (Lipinski definition) is 10. The fourth-order valence-electron chi connectivity index (χ4n) is 4.47. The van der Waals surface area contributed by atoms with Crippen LogP contribution in [0.5, 0.6) is 17.2 Å². The second-order valence-corrected chi connectivity index (χ2v) is 10.4. The number of non-ortho nitro benzene ring substituents is 1. The summed E-state index contributed by atoms with van der Waals surface area (Å²) in [4.78, 5) is 51.0. The van der Waals surface area contributed by atoms with Crippen LogP contribution in [0.4, 0.5) is 5.69 Å². The third kappa shape index (κ3) is 5.99. The summed E-state index contributed by atoms with van der Waals surface area (Å²) in [7, 11) is 3.01. The van der Waals surface area contributed by atoms with E-state index in [1.54, 1.807) is 48.5 Å². The average molecular weight is 604 g/mol. The Bertz CT molecular complexity index is 1760. The van der Waals surface area contributed by atoms with Crippen molar-refractivity contribution in [1.29, 1.82) is 0 Å². The van der Waals surface area contributed by atoms with Crippen LogP contribution in [0.15, 0.2) is 77.6 Å². The number of ether oxygens (including phenoxy) is 2. The van der Waals surface area contributed by atoms with Gasteiger partial charge in [-0.1, -0.05) is 12.1 Å². The molecule has 0 bridgehead atoms. The van der Waals surface area contributed by atoms with Gasteiger partial charge in [0.25, 0.3) is 17.2 Å². The summed E-state index contributed by atoms with van der Waals surface area (Å²) in [5.41, 5.74) is 2.74. The van der Waals surface area contributed by atoms with Gasteiger partial charge in [-0.3, -0.25) is 29.9 Å². The zero-order valence-corrected chi connectivity index (χ0v) is 23.7. The lowest BCUT2D eigenvalue weighted by Gasteiger charge is -2.35. The molecule has 1 fully saturated rings. The van der Waals surface area contributed by atoms with Gasteiger partial charge in [-0.2, -0.15) is 9.78 Å². The maximum atomic E-state index is 13.9. The summed E-state index contributed by atoms with van der Waals surface area (Å²) in [5, 5.41) is 26.4. The molecule has 43 heavy (non-hydrogen) atoms. The van der Waals surface area contributed by atoms with Crippen LogP contribution in [0.3, 0.4) is 0 Å². The van der Waals surface area contributed by atoms with E-state index in [0.717, 1.165) is 21.8 Å². The Morgan fingerprint density at radius 3 is 2.30 bits per heavy atom. The molecule has 0 spiro atoms. The molecule has 0 radical (unpaired) electrons. The minimum atomic E-state index is -0.970. The van der Waals surface area contributed by atoms with Crippen molar-refractivity contribution in [3.8, 4) is 34.1 Å². The largest absolute Gasteiger partial charge is 0.508 e. The van der Waals surface area contributed by atoms with E-state index >= 15 is 0 Å². The first-order chi connectivity index (χ1) is 20.7. The monoisotopic (exact) mass is 603 g/mol. The Hall–Kier alpha value is -5.37. The minimum Gasteiger partial charge on any atom is -0.508 e. The molecule has 4 aromatic rings. The highest BCUT2D eigenvalue weighted by molar-refractivity contribution is 7.99. The Kier molecular flexibility index (Phi) is 8.29. The Balaban J connectivity index is 1.59. The molecule has 220 valence electrons. The fourth-order valence-corrected chi connectivity index (χ4v) is 5.68. The van der Waals surface area contributed by atoms with Gasteiger partial charge in [0.05, 0.1) is 24.8 Å². The molecule has 0 saturated carbocycles. The number of thioether (sulfide) groups is 1. The van der Waals surface area contributed by atoms with Crippen molar-refractivity contribution in [3.05, 3.63) is 105 Å². The first-order valence-corrected chi connectivity index (χ1v) is 13.9. The Morgan fingerprint density at radius 1 is 1.02 bits per heavy atom. The topological polar surface area (TPSA) is 166 Å². The highest BCUT2D eigenvalue weighted by atomic mass is 32.2. The van der Waals surface area contributed by atoms with Gasteiger partial charge < -0.3 is 14.6 Å². The number of hydrogen-bond donors (Lipinski definition) is 2. The maximum Gasteiger partial charge on any atom is 0.291 e. The molecule has 14 heteroatoms. The highest BCUT2D eigenvalue weighted by Crippen LogP contribution is 2.41. The SMILES string of the molecule is COc1ccc(-c2cc(=O)n(-c3ccc(OC)cc3)nc2C(=O)NN2C(=O)CCSC2c2cc([N+](=O)[O-])ccc2O)cc1. The molecular weight excluding hydrogens is 578 g/mol. The number of amides is 2. The molecule has 2 amide bonds. The van der Waals surface area contributed by atoms with Gasteiger partial charge in [-0.25, -0.2) is 5.01 Å². The van der Waals surface area contributed by atoms with Crippen molar-refractivity contribution < 1.29 is 29.1 Å². The lowest BCUT2D eigenvalue weighted by Crippen LogP contribution is -2.50. The molecule has 2 heterocycles. The van der Waals surface area contributed by atoms with Gasteiger partial charge in [0, 0.05) is 41.5 Å². The molecule has 1 unspecified atom stereocenters. The summed E-state index contributed by atoms with van der Waals surface area (Å²) < 4.78 is 11.5. The lowest BCUT2D eigenvalue weighted by molar-refractivity contribution is -0.385. The number of carbonyl (C=O) groups is 2. The molecule has 1 saturated heterocycles. The number of aromatic nitrogens is 2. The van der Waals surface area contributed by atoms with Crippen molar-refractivity contribution in [2.45, 2.75) is 11.8 Å². The predicted octanol–water partition coefficient (Wildman–Crippen LogP) is 3.84. The van der Waals surface area contributed by atoms with E-state index in [1.807, 2.05) is 0 Å². The predicted molar refractivity (Wildman–Crippen MR) is 157 cm³/mol. The summed E-state index contributed by atoms with van der Waals surface area (Å²) >= 11 is 1.22. The Labute approximate surface area is 248 Å². The molecule has 1 atom stereocenters. The summed E-state index contributed by atoms with van der Waals surface area (Å²) in [6.45, 7) is 0. The van der Waals surface area contributed by atoms with Crippen molar-refractivity contribution in [2.24, 2.45) is 0 Å². The van der Waals surface area contributed by atoms with Crippen LogP contribution in [-0.2, 0) is 4.79 Å². The van der Waals surface area contributed by atoms with Gasteiger partial charge in [0.15, 0.2) is 5.69 Å². The van der Waals surface area contributed by atoms with Crippen LogP contribution in [0.1, 0.15) is 27.8 Å². The van der Waals surface area contributed by atoms with E-state index in [0.29, 0.717) is 28.5 Å². The smallest absolute Gasteiger partial charge is 0.291 e. The lowest BCUT2D eigenvalue weighted by atomic mass is 10.0. The summed E-state index contributed by atoms with van der Waals surface area (Å²) in [5.74, 6) is -0.0973. The molecule has 13 nitrogen and oxygen atoms in total. The third-order valence-electron chi connectivity index (χ3n) is 6.67. The standard InChI is InChI=1S/C29H25N5O8S/c1-41-20-8-3-17(4-9-20)22-16-26(37)32(18-5-10-21(42-2)11-6-18)30-27(22)28(38)31-33-25(36)13-14-43-29(33)23-15-19(34(39)40)7-12-24(23)35/h3-12,15-16,29,35H,13-14H2,1-2H3,(H,31,38). The minimum absolute atomic E-state index is 0.0707. The van der Waals surface area contributed by atoms with Gasteiger partial charge in [-0.05, 0) is 48.0 Å². The van der Waals surface area contributed by atoms with Crippen LogP contribution < -0.4 is 20.5 Å². The Morgan fingerprint density at radius 2 is 1.67 bits per heavy atom. The second kappa shape index (κ2) is 12.2. The molecule has 1 aliphatic heterocycles. The maximum absolute atomic E-state index is 13.9. The van der Waals surface area contributed by atoms with Crippen molar-refractivity contribution >= 4 is 29.3 Å². The molecule has 5 rings (SSSR count). The molecule has 3 aromatic carbocycles. The van der Waals surface area contributed by atoms with E-state index < -0.39 is 27.7 Å². The van der Waals surface area contributed by atoms with Crippen molar-refractivity contribution in [3.63, 3.8) is 0 Å². The van der Waals surface area contributed by atoms with E-state index in [2.05, 4.69) is 10.5 Å². The van der Waals surface area contributed by atoms with Gasteiger partial charge in [-0.15, -0.1) is 11.8 Å². The number of hydrazine groups is 1. The normalized spacial score (nSPS) is 14.7. The second-order valence-electron chi connectivity index (χ2n) is 9.26. The molecule has 1 aliphatic rings. The van der Waals surface area contributed by atoms with Crippen molar-refractivity contribution in [1.82, 2.24) is 20.2 Å². The molecule has 2 N–H and O–H groups in total. The summed E-state index contributed by atoms with van der Waals surface area (Å²) in [6.07, 6.45) is 0.0707. The number of phenols is 1. The van der Waals surface area contributed by atoms with Crippen LogP contribution >= 0.6 is 11.8 Å². The van der Waals surface area contributed by atoms with Crippen LogP contribution in [0.25, 0.3) is 16.8 Å². The number of carbonyl (C=O) groups excluding carboxylic acids is 2. The van der Waals surface area contributed by atoms with E-state index in [9.17, 15) is 29.6 Å². The molecular formula is C29H25N5O8S.